The minimum Gasteiger partial charge on any atom is -0.292 e. The van der Waals surface area contributed by atoms with Crippen molar-refractivity contribution in [3.63, 3.8) is 0 Å². The van der Waals surface area contributed by atoms with Crippen LogP contribution in [-0.4, -0.2) is 26.4 Å². The largest absolute Gasteiger partial charge is 0.292 e. The summed E-state index contributed by atoms with van der Waals surface area (Å²) in [7, 11) is 0. The van der Waals surface area contributed by atoms with Crippen LogP contribution >= 0.6 is 11.3 Å². The highest BCUT2D eigenvalue weighted by Gasteiger charge is 2.19. The van der Waals surface area contributed by atoms with E-state index in [1.54, 1.807) is 23.5 Å². The fraction of sp³-hybridized carbons (Fsp3) is 0.278. The Balaban J connectivity index is 1.47. The highest BCUT2D eigenvalue weighted by Crippen LogP contribution is 2.24. The van der Waals surface area contributed by atoms with Gasteiger partial charge in [0, 0.05) is 47.9 Å². The molecule has 1 aromatic carbocycles. The number of hydrogen-bond acceptors (Lipinski definition) is 5. The van der Waals surface area contributed by atoms with Gasteiger partial charge in [-0.1, -0.05) is 0 Å². The number of nitrogens with zero attached hydrogens (tertiary/aromatic N) is 4. The van der Waals surface area contributed by atoms with Crippen LogP contribution in [0.5, 0.6) is 0 Å². The smallest absolute Gasteiger partial charge is 0.125 e. The summed E-state index contributed by atoms with van der Waals surface area (Å²) in [5.41, 5.74) is 4.24. The van der Waals surface area contributed by atoms with Crippen LogP contribution in [-0.2, 0) is 19.5 Å². The molecule has 122 valence electrons. The van der Waals surface area contributed by atoms with Crippen molar-refractivity contribution >= 4 is 11.3 Å². The van der Waals surface area contributed by atoms with Crippen molar-refractivity contribution in [1.82, 2.24) is 19.9 Å². The summed E-state index contributed by atoms with van der Waals surface area (Å²) < 4.78 is 13.0. The summed E-state index contributed by atoms with van der Waals surface area (Å²) in [5.74, 6) is 0.615. The highest BCUT2D eigenvalue weighted by molar-refractivity contribution is 7.09. The first-order valence-corrected chi connectivity index (χ1v) is 8.79. The van der Waals surface area contributed by atoms with Gasteiger partial charge in [-0.05, 0) is 31.2 Å². The summed E-state index contributed by atoms with van der Waals surface area (Å²) in [4.78, 5) is 15.9. The Morgan fingerprint density at radius 3 is 2.88 bits per heavy atom. The molecule has 4 rings (SSSR count). The zero-order chi connectivity index (χ0) is 16.5. The second kappa shape index (κ2) is 6.37. The van der Waals surface area contributed by atoms with Crippen LogP contribution in [0.15, 0.2) is 35.8 Å². The van der Waals surface area contributed by atoms with Gasteiger partial charge < -0.3 is 0 Å². The fourth-order valence-electron chi connectivity index (χ4n) is 2.94. The molecule has 0 saturated carbocycles. The van der Waals surface area contributed by atoms with Gasteiger partial charge in [0.1, 0.15) is 16.6 Å². The van der Waals surface area contributed by atoms with Gasteiger partial charge in [-0.25, -0.2) is 19.3 Å². The lowest BCUT2D eigenvalue weighted by atomic mass is 10.1. The van der Waals surface area contributed by atoms with E-state index >= 15 is 0 Å². The molecule has 0 bridgehead atoms. The maximum Gasteiger partial charge on any atom is 0.125 e. The van der Waals surface area contributed by atoms with Crippen LogP contribution in [0.2, 0.25) is 0 Å². The molecule has 3 aromatic rings. The Labute approximate surface area is 144 Å². The summed E-state index contributed by atoms with van der Waals surface area (Å²) >= 11 is 1.65. The van der Waals surface area contributed by atoms with E-state index in [-0.39, 0.29) is 5.82 Å². The first-order valence-electron chi connectivity index (χ1n) is 7.91. The quantitative estimate of drug-likeness (QED) is 0.730. The van der Waals surface area contributed by atoms with Crippen molar-refractivity contribution in [2.75, 3.05) is 6.54 Å². The molecule has 0 aliphatic carbocycles. The number of thiazole rings is 1. The van der Waals surface area contributed by atoms with Crippen LogP contribution in [0.3, 0.4) is 0 Å². The maximum absolute atomic E-state index is 13.0. The zero-order valence-corrected chi connectivity index (χ0v) is 14.2. The number of rotatable bonds is 3. The predicted octanol–water partition coefficient (Wildman–Crippen LogP) is 3.61. The van der Waals surface area contributed by atoms with Gasteiger partial charge >= 0.3 is 0 Å². The van der Waals surface area contributed by atoms with Gasteiger partial charge in [0.2, 0.25) is 0 Å². The Bertz CT molecular complexity index is 860. The van der Waals surface area contributed by atoms with Crippen LogP contribution in [0, 0.1) is 12.7 Å². The number of aryl methyl sites for hydroxylation is 1. The summed E-state index contributed by atoms with van der Waals surface area (Å²) in [6.07, 6.45) is 2.89. The summed E-state index contributed by atoms with van der Waals surface area (Å²) in [6, 6.07) is 6.48. The summed E-state index contributed by atoms with van der Waals surface area (Å²) in [6.45, 7) is 4.59. The number of benzene rings is 1. The second-order valence-electron chi connectivity index (χ2n) is 5.98. The lowest BCUT2D eigenvalue weighted by Gasteiger charge is -2.27. The molecule has 24 heavy (non-hydrogen) atoms. The Morgan fingerprint density at radius 1 is 1.21 bits per heavy atom. The van der Waals surface area contributed by atoms with Gasteiger partial charge in [-0.2, -0.15) is 0 Å². The molecule has 6 heteroatoms. The van der Waals surface area contributed by atoms with E-state index in [4.69, 9.17) is 4.98 Å². The van der Waals surface area contributed by atoms with E-state index in [0.29, 0.717) is 0 Å². The monoisotopic (exact) mass is 340 g/mol. The Hall–Kier alpha value is -2.18. The van der Waals surface area contributed by atoms with Gasteiger partial charge in [0.15, 0.2) is 0 Å². The lowest BCUT2D eigenvalue weighted by molar-refractivity contribution is 0.242. The van der Waals surface area contributed by atoms with Crippen molar-refractivity contribution in [3.8, 4) is 11.3 Å². The normalized spacial score (nSPS) is 14.6. The van der Waals surface area contributed by atoms with Gasteiger partial charge in [0.25, 0.3) is 0 Å². The average molecular weight is 340 g/mol. The molecular formula is C18H17FN4S. The Morgan fingerprint density at radius 2 is 2.04 bits per heavy atom. The van der Waals surface area contributed by atoms with Crippen molar-refractivity contribution < 1.29 is 4.39 Å². The molecule has 0 atom stereocenters. The topological polar surface area (TPSA) is 41.9 Å². The van der Waals surface area contributed by atoms with Crippen molar-refractivity contribution in [3.05, 3.63) is 63.7 Å². The second-order valence-corrected chi connectivity index (χ2v) is 6.93. The van der Waals surface area contributed by atoms with Gasteiger partial charge in [-0.3, -0.25) is 4.90 Å². The highest BCUT2D eigenvalue weighted by atomic mass is 32.1. The van der Waals surface area contributed by atoms with Crippen LogP contribution in [0.4, 0.5) is 4.39 Å². The number of halogens is 1. The van der Waals surface area contributed by atoms with E-state index in [1.807, 2.05) is 18.5 Å². The van der Waals surface area contributed by atoms with Gasteiger partial charge in [-0.15, -0.1) is 11.3 Å². The molecular weight excluding hydrogens is 323 g/mol. The molecule has 0 radical (unpaired) electrons. The summed E-state index contributed by atoms with van der Waals surface area (Å²) in [5, 5.41) is 3.11. The number of aromatic nitrogens is 3. The molecule has 0 saturated heterocycles. The van der Waals surface area contributed by atoms with E-state index in [2.05, 4.69) is 14.9 Å². The molecule has 0 spiro atoms. The maximum atomic E-state index is 13.0. The van der Waals surface area contributed by atoms with Crippen LogP contribution < -0.4 is 0 Å². The van der Waals surface area contributed by atoms with Crippen molar-refractivity contribution in [2.24, 2.45) is 0 Å². The molecule has 0 fully saturated rings. The lowest BCUT2D eigenvalue weighted by Crippen LogP contribution is -2.31. The minimum atomic E-state index is -0.223. The molecule has 1 aliphatic heterocycles. The molecule has 0 amide bonds. The van der Waals surface area contributed by atoms with E-state index < -0.39 is 0 Å². The van der Waals surface area contributed by atoms with Gasteiger partial charge in [0.05, 0.1) is 12.2 Å². The standard InChI is InChI=1S/C18H17FN4S/c1-12-20-8-14-9-23(7-6-16(14)21-12)10-18-22-17(11-24-18)13-2-4-15(19)5-3-13/h2-5,8,11H,6-7,9-10H2,1H3. The molecule has 0 N–H and O–H groups in total. The molecule has 0 unspecified atom stereocenters. The first-order chi connectivity index (χ1) is 11.7. The van der Waals surface area contributed by atoms with Crippen molar-refractivity contribution in [2.45, 2.75) is 26.4 Å². The van der Waals surface area contributed by atoms with E-state index in [1.165, 1.54) is 23.4 Å². The van der Waals surface area contributed by atoms with Crippen molar-refractivity contribution in [1.29, 1.82) is 0 Å². The molecule has 3 heterocycles. The van der Waals surface area contributed by atoms with E-state index in [0.717, 1.165) is 48.1 Å². The fourth-order valence-corrected chi connectivity index (χ4v) is 3.78. The first kappa shape index (κ1) is 15.4. The number of hydrogen-bond donors (Lipinski definition) is 0. The van der Waals surface area contributed by atoms with Crippen LogP contribution in [0.25, 0.3) is 11.3 Å². The molecule has 1 aliphatic rings. The Kier molecular flexibility index (Phi) is 4.08. The minimum absolute atomic E-state index is 0.223. The predicted molar refractivity (Wildman–Crippen MR) is 92.1 cm³/mol. The van der Waals surface area contributed by atoms with E-state index in [9.17, 15) is 4.39 Å². The zero-order valence-electron chi connectivity index (χ0n) is 13.4. The number of fused-ring (bicyclic) bond motifs is 1. The third-order valence-corrected chi connectivity index (χ3v) is 5.02. The molecule has 4 nitrogen and oxygen atoms in total. The third kappa shape index (κ3) is 3.20. The average Bonchev–Trinajstić information content (AvgIpc) is 3.04. The SMILES string of the molecule is Cc1ncc2c(n1)CCN(Cc1nc(-c3ccc(F)cc3)cs1)C2. The molecule has 2 aromatic heterocycles. The van der Waals surface area contributed by atoms with Crippen LogP contribution in [0.1, 0.15) is 22.1 Å². The third-order valence-electron chi connectivity index (χ3n) is 4.18.